The van der Waals surface area contributed by atoms with Crippen molar-refractivity contribution in [1.82, 2.24) is 9.88 Å². The Bertz CT molecular complexity index is 794. The Morgan fingerprint density at radius 2 is 2.00 bits per heavy atom. The van der Waals surface area contributed by atoms with Gasteiger partial charge in [-0.25, -0.2) is 4.98 Å². The molecule has 0 spiro atoms. The van der Waals surface area contributed by atoms with E-state index in [2.05, 4.69) is 15.2 Å². The van der Waals surface area contributed by atoms with E-state index in [1.807, 2.05) is 18.2 Å². The Balaban J connectivity index is 1.43. The first-order valence-electron chi connectivity index (χ1n) is 8.88. The highest BCUT2D eigenvalue weighted by atomic mass is 32.1. The molecule has 26 heavy (non-hydrogen) atoms. The highest BCUT2D eigenvalue weighted by molar-refractivity contribution is 7.15. The third-order valence-corrected chi connectivity index (χ3v) is 5.80. The summed E-state index contributed by atoms with van der Waals surface area (Å²) in [4.78, 5) is 20.2. The molecule has 1 aliphatic carbocycles. The smallest absolute Gasteiger partial charge is 0.229 e. The van der Waals surface area contributed by atoms with Crippen LogP contribution in [0.4, 0.5) is 5.13 Å². The predicted octanol–water partition coefficient (Wildman–Crippen LogP) is 3.07. The Morgan fingerprint density at radius 1 is 1.27 bits per heavy atom. The highest BCUT2D eigenvalue weighted by Gasteiger charge is 2.30. The molecule has 1 aromatic heterocycles. The first kappa shape index (κ1) is 17.3. The standard InChI is InChI=1S/C19H23N3O3S/c1-24-14-7-12(8-15(9-14)25-2)10-22-6-5-16-17(11-22)26-19(20-16)21-18(23)13-3-4-13/h7-9,13H,3-6,10-11H2,1-2H3,(H,20,21,23). The lowest BCUT2D eigenvalue weighted by atomic mass is 10.1. The van der Waals surface area contributed by atoms with Crippen molar-refractivity contribution in [3.05, 3.63) is 34.3 Å². The molecule has 7 heteroatoms. The van der Waals surface area contributed by atoms with Crippen molar-refractivity contribution < 1.29 is 14.3 Å². The Labute approximate surface area is 157 Å². The summed E-state index contributed by atoms with van der Waals surface area (Å²) in [5, 5.41) is 3.72. The number of benzene rings is 1. The van der Waals surface area contributed by atoms with Crippen LogP contribution in [0.3, 0.4) is 0 Å². The van der Waals surface area contributed by atoms with E-state index in [0.29, 0.717) is 0 Å². The summed E-state index contributed by atoms with van der Waals surface area (Å²) in [6.45, 7) is 2.63. The average Bonchev–Trinajstić information content (AvgIpc) is 3.42. The van der Waals surface area contributed by atoms with Crippen molar-refractivity contribution in [2.45, 2.75) is 32.4 Å². The maximum absolute atomic E-state index is 11.9. The topological polar surface area (TPSA) is 63.7 Å². The number of hydrogen-bond acceptors (Lipinski definition) is 6. The normalized spacial score (nSPS) is 16.8. The van der Waals surface area contributed by atoms with E-state index in [-0.39, 0.29) is 11.8 Å². The number of thiazole rings is 1. The molecule has 0 atom stereocenters. The number of ether oxygens (including phenoxy) is 2. The molecule has 1 fully saturated rings. The number of hydrogen-bond donors (Lipinski definition) is 1. The van der Waals surface area contributed by atoms with Crippen molar-refractivity contribution in [1.29, 1.82) is 0 Å². The zero-order valence-electron chi connectivity index (χ0n) is 15.1. The molecule has 1 amide bonds. The van der Waals surface area contributed by atoms with Crippen LogP contribution in [-0.2, 0) is 24.3 Å². The summed E-state index contributed by atoms with van der Waals surface area (Å²) in [7, 11) is 3.33. The molecule has 1 aliphatic heterocycles. The fourth-order valence-electron chi connectivity index (χ4n) is 3.21. The Morgan fingerprint density at radius 3 is 2.65 bits per heavy atom. The molecule has 1 saturated carbocycles. The molecule has 2 aliphatic rings. The fraction of sp³-hybridized carbons (Fsp3) is 0.474. The van der Waals surface area contributed by atoms with Gasteiger partial charge in [0, 0.05) is 42.9 Å². The Kier molecular flexibility index (Phi) is 4.82. The van der Waals surface area contributed by atoms with Crippen LogP contribution in [-0.4, -0.2) is 36.6 Å². The van der Waals surface area contributed by atoms with Crippen molar-refractivity contribution in [3.8, 4) is 11.5 Å². The minimum atomic E-state index is 0.122. The van der Waals surface area contributed by atoms with Crippen LogP contribution in [0.1, 0.15) is 29.0 Å². The van der Waals surface area contributed by atoms with E-state index in [1.54, 1.807) is 25.6 Å². The summed E-state index contributed by atoms with van der Waals surface area (Å²) in [5.41, 5.74) is 2.29. The number of methoxy groups -OCH3 is 2. The van der Waals surface area contributed by atoms with Crippen molar-refractivity contribution in [2.75, 3.05) is 26.1 Å². The molecule has 2 heterocycles. The maximum Gasteiger partial charge on any atom is 0.229 e. The van der Waals surface area contributed by atoms with Gasteiger partial charge in [0.2, 0.25) is 5.91 Å². The minimum Gasteiger partial charge on any atom is -0.497 e. The van der Waals surface area contributed by atoms with E-state index in [1.165, 1.54) is 4.88 Å². The van der Waals surface area contributed by atoms with Crippen LogP contribution < -0.4 is 14.8 Å². The minimum absolute atomic E-state index is 0.122. The van der Waals surface area contributed by atoms with Gasteiger partial charge in [-0.2, -0.15) is 0 Å². The molecular weight excluding hydrogens is 350 g/mol. The van der Waals surface area contributed by atoms with E-state index in [0.717, 1.165) is 66.8 Å². The molecule has 4 rings (SSSR count). The van der Waals surface area contributed by atoms with Crippen LogP contribution in [0.5, 0.6) is 11.5 Å². The summed E-state index contributed by atoms with van der Waals surface area (Å²) in [5.74, 6) is 1.94. The van der Waals surface area contributed by atoms with Gasteiger partial charge in [0.1, 0.15) is 11.5 Å². The third-order valence-electron chi connectivity index (χ3n) is 4.81. The quantitative estimate of drug-likeness (QED) is 0.843. The molecule has 1 aromatic carbocycles. The monoisotopic (exact) mass is 373 g/mol. The first-order chi connectivity index (χ1) is 12.6. The summed E-state index contributed by atoms with van der Waals surface area (Å²) in [6.07, 6.45) is 2.93. The number of carbonyl (C=O) groups is 1. The molecule has 1 N–H and O–H groups in total. The van der Waals surface area contributed by atoms with E-state index in [4.69, 9.17) is 9.47 Å². The van der Waals surface area contributed by atoms with Gasteiger partial charge in [0.05, 0.1) is 19.9 Å². The number of rotatable bonds is 6. The fourth-order valence-corrected chi connectivity index (χ4v) is 4.26. The lowest BCUT2D eigenvalue weighted by molar-refractivity contribution is -0.117. The summed E-state index contributed by atoms with van der Waals surface area (Å²) >= 11 is 1.60. The number of nitrogens with one attached hydrogen (secondary N) is 1. The summed E-state index contributed by atoms with van der Waals surface area (Å²) in [6, 6.07) is 5.98. The lowest BCUT2D eigenvalue weighted by Gasteiger charge is -2.26. The van der Waals surface area contributed by atoms with Crippen molar-refractivity contribution in [3.63, 3.8) is 0 Å². The van der Waals surface area contributed by atoms with E-state index in [9.17, 15) is 4.79 Å². The number of aromatic nitrogens is 1. The molecule has 2 aromatic rings. The molecule has 138 valence electrons. The largest absolute Gasteiger partial charge is 0.497 e. The van der Waals surface area contributed by atoms with Gasteiger partial charge in [0.25, 0.3) is 0 Å². The van der Waals surface area contributed by atoms with Crippen LogP contribution >= 0.6 is 11.3 Å². The molecular formula is C19H23N3O3S. The number of nitrogens with zero attached hydrogens (tertiary/aromatic N) is 2. The van der Waals surface area contributed by atoms with E-state index < -0.39 is 0 Å². The van der Waals surface area contributed by atoms with Gasteiger partial charge in [-0.15, -0.1) is 11.3 Å². The molecule has 0 bridgehead atoms. The van der Waals surface area contributed by atoms with Crippen LogP contribution in [0, 0.1) is 5.92 Å². The second kappa shape index (κ2) is 7.25. The van der Waals surface area contributed by atoms with Gasteiger partial charge in [-0.05, 0) is 30.5 Å². The second-order valence-electron chi connectivity index (χ2n) is 6.83. The average molecular weight is 373 g/mol. The number of amides is 1. The van der Waals surface area contributed by atoms with Crippen molar-refractivity contribution >= 4 is 22.4 Å². The van der Waals surface area contributed by atoms with Crippen LogP contribution in [0.25, 0.3) is 0 Å². The summed E-state index contributed by atoms with van der Waals surface area (Å²) < 4.78 is 10.7. The number of anilines is 1. The highest BCUT2D eigenvalue weighted by Crippen LogP contribution is 2.33. The molecule has 0 radical (unpaired) electrons. The SMILES string of the molecule is COc1cc(CN2CCc3nc(NC(=O)C4CC4)sc3C2)cc(OC)c1. The maximum atomic E-state index is 11.9. The van der Waals surface area contributed by atoms with Crippen molar-refractivity contribution in [2.24, 2.45) is 5.92 Å². The molecule has 0 unspecified atom stereocenters. The zero-order valence-corrected chi connectivity index (χ0v) is 15.9. The molecule has 0 saturated heterocycles. The first-order valence-corrected chi connectivity index (χ1v) is 9.70. The van der Waals surface area contributed by atoms with Crippen LogP contribution in [0.2, 0.25) is 0 Å². The number of fused-ring (bicyclic) bond motifs is 1. The van der Waals surface area contributed by atoms with Crippen LogP contribution in [0.15, 0.2) is 18.2 Å². The van der Waals surface area contributed by atoms with Gasteiger partial charge in [-0.1, -0.05) is 0 Å². The lowest BCUT2D eigenvalue weighted by Crippen LogP contribution is -2.29. The van der Waals surface area contributed by atoms with E-state index >= 15 is 0 Å². The van der Waals surface area contributed by atoms with Gasteiger partial charge >= 0.3 is 0 Å². The second-order valence-corrected chi connectivity index (χ2v) is 7.92. The van der Waals surface area contributed by atoms with Gasteiger partial charge in [-0.3, -0.25) is 9.69 Å². The zero-order chi connectivity index (χ0) is 18.1. The van der Waals surface area contributed by atoms with Gasteiger partial charge < -0.3 is 14.8 Å². The molecule has 6 nitrogen and oxygen atoms in total. The third kappa shape index (κ3) is 3.83. The number of carbonyl (C=O) groups excluding carboxylic acids is 1. The van der Waals surface area contributed by atoms with Gasteiger partial charge in [0.15, 0.2) is 5.13 Å². The predicted molar refractivity (Wildman–Crippen MR) is 101 cm³/mol. The Hall–Kier alpha value is -2.12.